The van der Waals surface area contributed by atoms with E-state index in [1.54, 1.807) is 55.1 Å². The highest BCUT2D eigenvalue weighted by atomic mass is 32.2. The molecule has 9 nitrogen and oxygen atoms in total. The second kappa shape index (κ2) is 10.9. The summed E-state index contributed by atoms with van der Waals surface area (Å²) in [6.45, 7) is 5.90. The average Bonchev–Trinajstić information content (AvgIpc) is 3.20. The molecule has 1 aromatic carbocycles. The second-order valence-electron chi connectivity index (χ2n) is 6.65. The molecule has 2 N–H and O–H groups in total. The Balaban J connectivity index is 1.72. The van der Waals surface area contributed by atoms with Crippen LogP contribution in [0.3, 0.4) is 0 Å². The van der Waals surface area contributed by atoms with E-state index in [9.17, 15) is 4.79 Å². The number of anilines is 1. The standard InChI is InChI=1S/C21H28N6O3S/c1-5-9-22-18-15-13-24-27(19(15)26-21(25-18)31-6-2)11-10-23-20(28)14-7-8-16(29-3)17(12-14)30-4/h7-8,12-13H,5-6,9-11H2,1-4H3,(H,23,28)(H,22,25,26). The summed E-state index contributed by atoms with van der Waals surface area (Å²) in [6.07, 6.45) is 2.77. The summed E-state index contributed by atoms with van der Waals surface area (Å²) in [4.78, 5) is 21.8. The van der Waals surface area contributed by atoms with Gasteiger partial charge in [-0.15, -0.1) is 0 Å². The first kappa shape index (κ1) is 22.7. The SMILES string of the molecule is CCCNc1nc(SCC)nc2c1cnn2CCNC(=O)c1ccc(OC)c(OC)c1. The average molecular weight is 445 g/mol. The van der Waals surface area contributed by atoms with Gasteiger partial charge in [-0.25, -0.2) is 14.6 Å². The first-order chi connectivity index (χ1) is 15.1. The van der Waals surface area contributed by atoms with Crippen molar-refractivity contribution in [1.29, 1.82) is 0 Å². The Labute approximate surface area is 185 Å². The number of fused-ring (bicyclic) bond motifs is 1. The fraction of sp³-hybridized carbons (Fsp3) is 0.429. The lowest BCUT2D eigenvalue weighted by Crippen LogP contribution is -2.27. The van der Waals surface area contributed by atoms with Gasteiger partial charge in [0.25, 0.3) is 5.91 Å². The molecule has 0 saturated carbocycles. The summed E-state index contributed by atoms with van der Waals surface area (Å²) in [6, 6.07) is 5.07. The van der Waals surface area contributed by atoms with Gasteiger partial charge in [0.1, 0.15) is 5.82 Å². The lowest BCUT2D eigenvalue weighted by molar-refractivity contribution is 0.0951. The number of amides is 1. The van der Waals surface area contributed by atoms with E-state index < -0.39 is 0 Å². The molecule has 0 atom stereocenters. The lowest BCUT2D eigenvalue weighted by atomic mass is 10.2. The number of nitrogens with zero attached hydrogens (tertiary/aromatic N) is 4. The third-order valence-corrected chi connectivity index (χ3v) is 5.28. The van der Waals surface area contributed by atoms with Crippen molar-refractivity contribution in [2.24, 2.45) is 0 Å². The molecule has 0 radical (unpaired) electrons. The molecular weight excluding hydrogens is 416 g/mol. The molecule has 2 heterocycles. The normalized spacial score (nSPS) is 10.8. The van der Waals surface area contributed by atoms with E-state index in [0.29, 0.717) is 35.3 Å². The minimum absolute atomic E-state index is 0.195. The molecule has 10 heteroatoms. The minimum atomic E-state index is -0.195. The zero-order chi connectivity index (χ0) is 22.2. The van der Waals surface area contributed by atoms with E-state index in [1.807, 2.05) is 0 Å². The van der Waals surface area contributed by atoms with E-state index in [0.717, 1.165) is 35.6 Å². The number of hydrogen-bond acceptors (Lipinski definition) is 8. The number of benzene rings is 1. The topological polar surface area (TPSA) is 103 Å². The molecule has 31 heavy (non-hydrogen) atoms. The van der Waals surface area contributed by atoms with Gasteiger partial charge in [-0.1, -0.05) is 25.6 Å². The molecular formula is C21H28N6O3S. The Hall–Kier alpha value is -3.01. The van der Waals surface area contributed by atoms with E-state index in [2.05, 4.69) is 39.5 Å². The van der Waals surface area contributed by atoms with E-state index in [4.69, 9.17) is 9.47 Å². The van der Waals surface area contributed by atoms with Crippen LogP contribution < -0.4 is 20.1 Å². The highest BCUT2D eigenvalue weighted by molar-refractivity contribution is 7.99. The fourth-order valence-corrected chi connectivity index (χ4v) is 3.59. The molecule has 1 amide bonds. The maximum atomic E-state index is 12.5. The van der Waals surface area contributed by atoms with Crippen LogP contribution in [-0.2, 0) is 6.54 Å². The van der Waals surface area contributed by atoms with Crippen LogP contribution in [0.4, 0.5) is 5.82 Å². The van der Waals surface area contributed by atoms with E-state index in [1.165, 1.54) is 0 Å². The number of ether oxygens (including phenoxy) is 2. The Bertz CT molecular complexity index is 1040. The Morgan fingerprint density at radius 3 is 2.65 bits per heavy atom. The smallest absolute Gasteiger partial charge is 0.251 e. The maximum absolute atomic E-state index is 12.5. The van der Waals surface area contributed by atoms with Crippen LogP contribution >= 0.6 is 11.8 Å². The number of methoxy groups -OCH3 is 2. The van der Waals surface area contributed by atoms with Gasteiger partial charge in [0.05, 0.1) is 32.3 Å². The highest BCUT2D eigenvalue weighted by Crippen LogP contribution is 2.27. The first-order valence-corrected chi connectivity index (χ1v) is 11.2. The number of rotatable bonds is 11. The Kier molecular flexibility index (Phi) is 7.94. The van der Waals surface area contributed by atoms with Gasteiger partial charge in [0, 0.05) is 18.7 Å². The molecule has 0 spiro atoms. The van der Waals surface area contributed by atoms with Gasteiger partial charge < -0.3 is 20.1 Å². The van der Waals surface area contributed by atoms with Crippen molar-refractivity contribution in [2.75, 3.05) is 38.4 Å². The molecule has 3 aromatic rings. The quantitative estimate of drug-likeness (QED) is 0.343. The molecule has 0 unspecified atom stereocenters. The summed E-state index contributed by atoms with van der Waals surface area (Å²) < 4.78 is 12.3. The van der Waals surface area contributed by atoms with Crippen molar-refractivity contribution >= 4 is 34.5 Å². The predicted molar refractivity (Wildman–Crippen MR) is 122 cm³/mol. The van der Waals surface area contributed by atoms with Gasteiger partial charge >= 0.3 is 0 Å². The van der Waals surface area contributed by atoms with Crippen LogP contribution in [0.5, 0.6) is 11.5 Å². The third kappa shape index (κ3) is 5.38. The third-order valence-electron chi connectivity index (χ3n) is 4.55. The summed E-state index contributed by atoms with van der Waals surface area (Å²) in [5.41, 5.74) is 1.25. The predicted octanol–water partition coefficient (Wildman–Crippen LogP) is 3.21. The van der Waals surface area contributed by atoms with Crippen molar-refractivity contribution < 1.29 is 14.3 Å². The molecule has 2 aromatic heterocycles. The zero-order valence-corrected chi connectivity index (χ0v) is 19.1. The van der Waals surface area contributed by atoms with E-state index in [-0.39, 0.29) is 5.91 Å². The Morgan fingerprint density at radius 1 is 1.13 bits per heavy atom. The number of carbonyl (C=O) groups is 1. The van der Waals surface area contributed by atoms with Crippen LogP contribution in [0.15, 0.2) is 29.6 Å². The van der Waals surface area contributed by atoms with Crippen LogP contribution in [0.25, 0.3) is 11.0 Å². The van der Waals surface area contributed by atoms with Gasteiger partial charge in [0.2, 0.25) is 0 Å². The zero-order valence-electron chi connectivity index (χ0n) is 18.3. The molecule has 0 aliphatic heterocycles. The van der Waals surface area contributed by atoms with Crippen molar-refractivity contribution in [3.63, 3.8) is 0 Å². The summed E-state index contributed by atoms with van der Waals surface area (Å²) in [7, 11) is 3.10. The van der Waals surface area contributed by atoms with Crippen LogP contribution in [-0.4, -0.2) is 58.7 Å². The highest BCUT2D eigenvalue weighted by Gasteiger charge is 2.14. The Morgan fingerprint density at radius 2 is 1.94 bits per heavy atom. The largest absolute Gasteiger partial charge is 0.493 e. The molecule has 0 saturated heterocycles. The molecule has 166 valence electrons. The molecule has 0 bridgehead atoms. The molecule has 0 fully saturated rings. The number of nitrogens with one attached hydrogen (secondary N) is 2. The first-order valence-electron chi connectivity index (χ1n) is 10.2. The number of hydrogen-bond donors (Lipinski definition) is 2. The summed E-state index contributed by atoms with van der Waals surface area (Å²) in [5.74, 6) is 2.57. The van der Waals surface area contributed by atoms with Gasteiger partial charge in [0.15, 0.2) is 22.3 Å². The molecule has 3 rings (SSSR count). The number of thioether (sulfide) groups is 1. The van der Waals surface area contributed by atoms with Crippen LogP contribution in [0.2, 0.25) is 0 Å². The summed E-state index contributed by atoms with van der Waals surface area (Å²) in [5, 5.41) is 12.3. The minimum Gasteiger partial charge on any atom is -0.493 e. The van der Waals surface area contributed by atoms with Crippen LogP contribution in [0.1, 0.15) is 30.6 Å². The van der Waals surface area contributed by atoms with Crippen molar-refractivity contribution in [3.05, 3.63) is 30.0 Å². The maximum Gasteiger partial charge on any atom is 0.251 e. The number of carbonyl (C=O) groups excluding carboxylic acids is 1. The van der Waals surface area contributed by atoms with Crippen molar-refractivity contribution in [1.82, 2.24) is 25.1 Å². The number of aromatic nitrogens is 4. The van der Waals surface area contributed by atoms with Crippen LogP contribution in [0, 0.1) is 0 Å². The van der Waals surface area contributed by atoms with Gasteiger partial charge in [-0.2, -0.15) is 5.10 Å². The summed E-state index contributed by atoms with van der Waals surface area (Å²) >= 11 is 1.59. The fourth-order valence-electron chi connectivity index (χ4n) is 3.03. The lowest BCUT2D eigenvalue weighted by Gasteiger charge is -2.11. The molecule has 0 aliphatic rings. The van der Waals surface area contributed by atoms with E-state index >= 15 is 0 Å². The molecule has 0 aliphatic carbocycles. The van der Waals surface area contributed by atoms with Crippen molar-refractivity contribution in [3.8, 4) is 11.5 Å². The van der Waals surface area contributed by atoms with Gasteiger partial charge in [-0.05, 0) is 30.4 Å². The second-order valence-corrected chi connectivity index (χ2v) is 7.88. The van der Waals surface area contributed by atoms with Crippen molar-refractivity contribution in [2.45, 2.75) is 32.0 Å². The monoisotopic (exact) mass is 444 g/mol. The van der Waals surface area contributed by atoms with Gasteiger partial charge in [-0.3, -0.25) is 4.79 Å².